The fourth-order valence-electron chi connectivity index (χ4n) is 5.29. The molecule has 196 valence electrons. The van der Waals surface area contributed by atoms with Crippen LogP contribution < -0.4 is 5.32 Å². The van der Waals surface area contributed by atoms with Crippen molar-refractivity contribution in [2.75, 3.05) is 19.8 Å². The summed E-state index contributed by atoms with van der Waals surface area (Å²) >= 11 is 7.75. The topological polar surface area (TPSA) is 84.4 Å². The second-order valence-corrected chi connectivity index (χ2v) is 11.4. The first-order valence-electron chi connectivity index (χ1n) is 13.1. The first-order valence-corrected chi connectivity index (χ1v) is 14.4. The number of hydrogen-bond donors (Lipinski definition) is 1. The zero-order valence-electron chi connectivity index (χ0n) is 21.3. The van der Waals surface area contributed by atoms with Crippen LogP contribution in [0.5, 0.6) is 0 Å². The van der Waals surface area contributed by atoms with Crippen LogP contribution in [0.3, 0.4) is 0 Å². The minimum atomic E-state index is -0.528. The fraction of sp³-hybridized carbons (Fsp3) is 0.500. The minimum absolute atomic E-state index is 0.00630. The standard InChI is InChI=1S/C28H33ClN4O3S/c1-3-17(2)26(34)32-25(18-9-13-36-14-10-18)28(35)33-12-4-5-24(33)27-31-23(16-37-27)21-8-11-30-22-15-19(29)6-7-20(21)22/h6-8,11,15-18,24-25H,3-5,9-10,12-14H2,1-2H3,(H,32,34)/t17-,24+,25+/m1/s1. The highest BCUT2D eigenvalue weighted by molar-refractivity contribution is 7.10. The molecule has 0 saturated carbocycles. The van der Waals surface area contributed by atoms with E-state index in [-0.39, 0.29) is 29.7 Å². The van der Waals surface area contributed by atoms with Crippen LogP contribution >= 0.6 is 22.9 Å². The van der Waals surface area contributed by atoms with E-state index in [9.17, 15) is 9.59 Å². The van der Waals surface area contributed by atoms with Gasteiger partial charge in [0, 0.05) is 53.2 Å². The molecule has 2 amide bonds. The fourth-order valence-corrected chi connectivity index (χ4v) is 6.42. The van der Waals surface area contributed by atoms with Gasteiger partial charge in [-0.25, -0.2) is 4.98 Å². The molecule has 9 heteroatoms. The Balaban J connectivity index is 1.40. The Morgan fingerprint density at radius 1 is 1.24 bits per heavy atom. The van der Waals surface area contributed by atoms with Crippen molar-refractivity contribution >= 4 is 45.7 Å². The lowest BCUT2D eigenvalue weighted by molar-refractivity contribution is -0.140. The molecule has 0 radical (unpaired) electrons. The van der Waals surface area contributed by atoms with E-state index in [0.717, 1.165) is 59.3 Å². The molecule has 1 aromatic carbocycles. The Bertz CT molecular complexity index is 1280. The first kappa shape index (κ1) is 26.1. The van der Waals surface area contributed by atoms with E-state index >= 15 is 0 Å². The van der Waals surface area contributed by atoms with Crippen LogP contribution in [0, 0.1) is 11.8 Å². The van der Waals surface area contributed by atoms with Gasteiger partial charge in [0.15, 0.2) is 0 Å². The van der Waals surface area contributed by atoms with Crippen molar-refractivity contribution in [2.24, 2.45) is 11.8 Å². The van der Waals surface area contributed by atoms with Gasteiger partial charge in [0.2, 0.25) is 11.8 Å². The van der Waals surface area contributed by atoms with Gasteiger partial charge in [-0.05, 0) is 56.2 Å². The van der Waals surface area contributed by atoms with Crippen molar-refractivity contribution in [2.45, 2.75) is 58.0 Å². The third kappa shape index (κ3) is 5.52. The number of fused-ring (bicyclic) bond motifs is 1. The largest absolute Gasteiger partial charge is 0.381 e. The van der Waals surface area contributed by atoms with Gasteiger partial charge in [-0.2, -0.15) is 0 Å². The molecule has 0 bridgehead atoms. The highest BCUT2D eigenvalue weighted by Gasteiger charge is 2.40. The van der Waals surface area contributed by atoms with Crippen molar-refractivity contribution in [1.82, 2.24) is 20.2 Å². The summed E-state index contributed by atoms with van der Waals surface area (Å²) in [5, 5.41) is 7.75. The SMILES string of the molecule is CC[C@@H](C)C(=O)N[C@H](C(=O)N1CCC[C@H]1c1nc(-c2ccnc3cc(Cl)ccc23)cs1)C1CCOCC1. The molecule has 37 heavy (non-hydrogen) atoms. The van der Waals surface area contributed by atoms with Gasteiger partial charge in [-0.15, -0.1) is 11.3 Å². The number of amides is 2. The smallest absolute Gasteiger partial charge is 0.246 e. The number of nitrogens with one attached hydrogen (secondary N) is 1. The molecular weight excluding hydrogens is 508 g/mol. The summed E-state index contributed by atoms with van der Waals surface area (Å²) in [4.78, 5) is 38.2. The van der Waals surface area contributed by atoms with E-state index in [1.54, 1.807) is 17.5 Å². The summed E-state index contributed by atoms with van der Waals surface area (Å²) in [6.45, 7) is 5.82. The van der Waals surface area contributed by atoms with Crippen LogP contribution in [0.1, 0.15) is 57.0 Å². The molecule has 2 aliphatic heterocycles. The first-order chi connectivity index (χ1) is 18.0. The Kier molecular flexibility index (Phi) is 8.07. The zero-order valence-corrected chi connectivity index (χ0v) is 22.9. The molecule has 2 fully saturated rings. The summed E-state index contributed by atoms with van der Waals surface area (Å²) in [7, 11) is 0. The maximum Gasteiger partial charge on any atom is 0.246 e. The predicted octanol–water partition coefficient (Wildman–Crippen LogP) is 5.63. The van der Waals surface area contributed by atoms with Gasteiger partial charge in [0.05, 0.1) is 17.3 Å². The van der Waals surface area contributed by atoms with Crippen molar-refractivity contribution in [3.05, 3.63) is 45.9 Å². The maximum absolute atomic E-state index is 14.0. The van der Waals surface area contributed by atoms with Gasteiger partial charge in [-0.3, -0.25) is 14.6 Å². The van der Waals surface area contributed by atoms with Crippen LogP contribution in [0.25, 0.3) is 22.2 Å². The molecule has 7 nitrogen and oxygen atoms in total. The second-order valence-electron chi connectivity index (χ2n) is 10.0. The third-order valence-electron chi connectivity index (χ3n) is 7.68. The van der Waals surface area contributed by atoms with Crippen LogP contribution in [-0.2, 0) is 14.3 Å². The molecule has 3 atom stereocenters. The summed E-state index contributed by atoms with van der Waals surface area (Å²) in [6, 6.07) is 7.05. The van der Waals surface area contributed by atoms with E-state index in [1.807, 2.05) is 43.0 Å². The van der Waals surface area contributed by atoms with E-state index in [0.29, 0.717) is 24.8 Å². The molecule has 5 rings (SSSR count). The average Bonchev–Trinajstić information content (AvgIpc) is 3.60. The highest BCUT2D eigenvalue weighted by atomic mass is 35.5. The number of halogens is 1. The van der Waals surface area contributed by atoms with Crippen LogP contribution in [0.15, 0.2) is 35.8 Å². The van der Waals surface area contributed by atoms with Crippen molar-refractivity contribution in [3.8, 4) is 11.3 Å². The molecular formula is C28H33ClN4O3S. The van der Waals surface area contributed by atoms with E-state index in [1.165, 1.54) is 0 Å². The number of carbonyl (C=O) groups excluding carboxylic acids is 2. The molecule has 0 spiro atoms. The monoisotopic (exact) mass is 540 g/mol. The Morgan fingerprint density at radius 3 is 2.84 bits per heavy atom. The molecule has 2 saturated heterocycles. The Hall–Kier alpha value is -2.55. The quantitative estimate of drug-likeness (QED) is 0.419. The summed E-state index contributed by atoms with van der Waals surface area (Å²) < 4.78 is 5.54. The summed E-state index contributed by atoms with van der Waals surface area (Å²) in [5.41, 5.74) is 2.70. The highest BCUT2D eigenvalue weighted by Crippen LogP contribution is 2.38. The lowest BCUT2D eigenvalue weighted by Crippen LogP contribution is -2.54. The van der Waals surface area contributed by atoms with Gasteiger partial charge in [0.1, 0.15) is 11.0 Å². The lowest BCUT2D eigenvalue weighted by Gasteiger charge is -2.35. The third-order valence-corrected chi connectivity index (χ3v) is 8.87. The Morgan fingerprint density at radius 2 is 2.05 bits per heavy atom. The maximum atomic E-state index is 14.0. The van der Waals surface area contributed by atoms with Gasteiger partial charge < -0.3 is 15.0 Å². The average molecular weight is 541 g/mol. The van der Waals surface area contributed by atoms with Gasteiger partial charge in [-0.1, -0.05) is 31.5 Å². The van der Waals surface area contributed by atoms with Crippen LogP contribution in [0.2, 0.25) is 5.02 Å². The number of aromatic nitrogens is 2. The predicted molar refractivity (Wildman–Crippen MR) is 146 cm³/mol. The molecule has 0 unspecified atom stereocenters. The lowest BCUT2D eigenvalue weighted by atomic mass is 9.90. The molecule has 0 aliphatic carbocycles. The van der Waals surface area contributed by atoms with Gasteiger partial charge in [0.25, 0.3) is 0 Å². The minimum Gasteiger partial charge on any atom is -0.381 e. The Labute approximate surface area is 226 Å². The van der Waals surface area contributed by atoms with Gasteiger partial charge >= 0.3 is 0 Å². The number of hydrogen-bond acceptors (Lipinski definition) is 6. The number of carbonyl (C=O) groups is 2. The number of ether oxygens (including phenoxy) is 1. The van der Waals surface area contributed by atoms with Crippen molar-refractivity contribution in [3.63, 3.8) is 0 Å². The molecule has 2 aliphatic rings. The second kappa shape index (κ2) is 11.5. The van der Waals surface area contributed by atoms with E-state index < -0.39 is 6.04 Å². The van der Waals surface area contributed by atoms with Crippen molar-refractivity contribution in [1.29, 1.82) is 0 Å². The zero-order chi connectivity index (χ0) is 25.9. The van der Waals surface area contributed by atoms with Crippen molar-refractivity contribution < 1.29 is 14.3 Å². The number of rotatable bonds is 7. The number of nitrogens with zero attached hydrogens (tertiary/aromatic N) is 3. The number of thiazole rings is 1. The van der Waals surface area contributed by atoms with Crippen LogP contribution in [0.4, 0.5) is 0 Å². The molecule has 1 N–H and O–H groups in total. The summed E-state index contributed by atoms with van der Waals surface area (Å²) in [6.07, 6.45) is 5.85. The van der Waals surface area contributed by atoms with E-state index in [4.69, 9.17) is 21.3 Å². The molecule has 4 heterocycles. The van der Waals surface area contributed by atoms with E-state index in [2.05, 4.69) is 15.7 Å². The normalized spacial score (nSPS) is 20.2. The molecule has 3 aromatic rings. The number of benzene rings is 1. The molecule has 2 aromatic heterocycles. The summed E-state index contributed by atoms with van der Waals surface area (Å²) in [5.74, 6) is -0.0930. The van der Waals surface area contributed by atoms with Crippen LogP contribution in [-0.4, -0.2) is 52.5 Å². The number of pyridine rings is 1. The number of likely N-dealkylation sites (tertiary alicyclic amines) is 1.